The SMILES string of the molecule is Cl.Cl.NC(C[C@@H]1CN2CCC1CC2)C(F)(F)F. The Labute approximate surface area is 112 Å². The van der Waals surface area contributed by atoms with Gasteiger partial charge in [0, 0.05) is 6.54 Å². The first-order chi connectivity index (χ1) is 6.97. The van der Waals surface area contributed by atoms with Crippen molar-refractivity contribution in [2.45, 2.75) is 31.5 Å². The maximum absolute atomic E-state index is 12.3. The highest BCUT2D eigenvalue weighted by molar-refractivity contribution is 5.85. The summed E-state index contributed by atoms with van der Waals surface area (Å²) < 4.78 is 36.9. The van der Waals surface area contributed by atoms with Gasteiger partial charge in [0.2, 0.25) is 0 Å². The van der Waals surface area contributed by atoms with E-state index >= 15 is 0 Å². The molecule has 0 saturated carbocycles. The Morgan fingerprint density at radius 2 is 1.71 bits per heavy atom. The minimum Gasteiger partial charge on any atom is -0.320 e. The van der Waals surface area contributed by atoms with Crippen LogP contribution in [-0.4, -0.2) is 36.8 Å². The molecule has 7 heteroatoms. The van der Waals surface area contributed by atoms with Crippen LogP contribution >= 0.6 is 24.8 Å². The Morgan fingerprint density at radius 3 is 2.06 bits per heavy atom. The van der Waals surface area contributed by atoms with E-state index in [4.69, 9.17) is 5.73 Å². The Morgan fingerprint density at radius 1 is 1.18 bits per heavy atom. The lowest BCUT2D eigenvalue weighted by Crippen LogP contribution is -2.50. The minimum absolute atomic E-state index is 0. The number of hydrogen-bond donors (Lipinski definition) is 1. The summed E-state index contributed by atoms with van der Waals surface area (Å²) in [5, 5.41) is 0. The molecule has 3 heterocycles. The molecule has 2 nitrogen and oxygen atoms in total. The molecule has 2 N–H and O–H groups in total. The first kappa shape index (κ1) is 17.3. The lowest BCUT2D eigenvalue weighted by atomic mass is 9.76. The van der Waals surface area contributed by atoms with Crippen molar-refractivity contribution in [1.29, 1.82) is 0 Å². The van der Waals surface area contributed by atoms with Crippen molar-refractivity contribution >= 4 is 24.8 Å². The predicted molar refractivity (Wildman–Crippen MR) is 65.8 cm³/mol. The van der Waals surface area contributed by atoms with Gasteiger partial charge in [0.05, 0.1) is 0 Å². The van der Waals surface area contributed by atoms with Crippen LogP contribution in [0.2, 0.25) is 0 Å². The van der Waals surface area contributed by atoms with Crippen molar-refractivity contribution in [3.63, 3.8) is 0 Å². The molecule has 0 aromatic rings. The van der Waals surface area contributed by atoms with Crippen molar-refractivity contribution in [2.24, 2.45) is 17.6 Å². The number of nitrogens with two attached hydrogens (primary N) is 1. The Kier molecular flexibility index (Phi) is 6.56. The summed E-state index contributed by atoms with van der Waals surface area (Å²) >= 11 is 0. The number of hydrogen-bond acceptors (Lipinski definition) is 2. The van der Waals surface area contributed by atoms with E-state index < -0.39 is 12.2 Å². The van der Waals surface area contributed by atoms with Crippen LogP contribution < -0.4 is 5.73 Å². The topological polar surface area (TPSA) is 29.3 Å². The van der Waals surface area contributed by atoms with Crippen LogP contribution in [0.25, 0.3) is 0 Å². The lowest BCUT2D eigenvalue weighted by molar-refractivity contribution is -0.154. The molecule has 0 spiro atoms. The van der Waals surface area contributed by atoms with Crippen molar-refractivity contribution < 1.29 is 13.2 Å². The van der Waals surface area contributed by atoms with Crippen LogP contribution in [0.15, 0.2) is 0 Å². The molecule has 17 heavy (non-hydrogen) atoms. The first-order valence-corrected chi connectivity index (χ1v) is 5.51. The number of alkyl halides is 3. The third-order valence-corrected chi connectivity index (χ3v) is 3.77. The Hall–Kier alpha value is 0.290. The second-order valence-corrected chi connectivity index (χ2v) is 4.78. The smallest absolute Gasteiger partial charge is 0.320 e. The monoisotopic (exact) mass is 294 g/mol. The summed E-state index contributed by atoms with van der Waals surface area (Å²) in [5.41, 5.74) is 5.17. The molecule has 0 aromatic carbocycles. The first-order valence-electron chi connectivity index (χ1n) is 5.51. The quantitative estimate of drug-likeness (QED) is 0.848. The molecular formula is C10H19Cl2F3N2. The number of fused-ring (bicyclic) bond motifs is 3. The predicted octanol–water partition coefficient (Wildman–Crippen LogP) is 2.45. The van der Waals surface area contributed by atoms with Gasteiger partial charge in [0.1, 0.15) is 6.04 Å². The second kappa shape index (κ2) is 6.45. The maximum atomic E-state index is 12.3. The van der Waals surface area contributed by atoms with Gasteiger partial charge in [-0.3, -0.25) is 0 Å². The van der Waals surface area contributed by atoms with E-state index in [9.17, 15) is 13.2 Å². The van der Waals surface area contributed by atoms with Gasteiger partial charge in [0.25, 0.3) is 0 Å². The molecule has 104 valence electrons. The molecule has 2 bridgehead atoms. The van der Waals surface area contributed by atoms with E-state index in [1.54, 1.807) is 0 Å². The molecule has 3 aliphatic heterocycles. The molecule has 2 atom stereocenters. The number of nitrogens with zero attached hydrogens (tertiary/aromatic N) is 1. The highest BCUT2D eigenvalue weighted by atomic mass is 35.5. The zero-order valence-electron chi connectivity index (χ0n) is 9.45. The molecular weight excluding hydrogens is 276 g/mol. The van der Waals surface area contributed by atoms with Crippen LogP contribution in [0.1, 0.15) is 19.3 Å². The highest BCUT2D eigenvalue weighted by Crippen LogP contribution is 2.36. The summed E-state index contributed by atoms with van der Waals surface area (Å²) in [7, 11) is 0. The third kappa shape index (κ3) is 4.16. The van der Waals surface area contributed by atoms with Crippen molar-refractivity contribution in [3.05, 3.63) is 0 Å². The van der Waals surface area contributed by atoms with Gasteiger partial charge in [-0.1, -0.05) is 0 Å². The molecule has 3 fully saturated rings. The largest absolute Gasteiger partial charge is 0.403 e. The van der Waals surface area contributed by atoms with E-state index in [0.29, 0.717) is 5.92 Å². The zero-order valence-corrected chi connectivity index (χ0v) is 11.1. The third-order valence-electron chi connectivity index (χ3n) is 3.77. The highest BCUT2D eigenvalue weighted by Gasteiger charge is 2.42. The van der Waals surface area contributed by atoms with Gasteiger partial charge in [-0.25, -0.2) is 0 Å². The van der Waals surface area contributed by atoms with Crippen molar-refractivity contribution in [1.82, 2.24) is 4.90 Å². The summed E-state index contributed by atoms with van der Waals surface area (Å²) in [4.78, 5) is 2.26. The van der Waals surface area contributed by atoms with E-state index in [1.165, 1.54) is 0 Å². The van der Waals surface area contributed by atoms with Gasteiger partial charge >= 0.3 is 6.18 Å². The van der Waals surface area contributed by atoms with Gasteiger partial charge in [-0.05, 0) is 44.2 Å². The fourth-order valence-electron chi connectivity index (χ4n) is 2.81. The van der Waals surface area contributed by atoms with Crippen LogP contribution in [-0.2, 0) is 0 Å². The molecule has 3 rings (SSSR count). The Bertz CT molecular complexity index is 230. The summed E-state index contributed by atoms with van der Waals surface area (Å²) in [6.07, 6.45) is -2.03. The second-order valence-electron chi connectivity index (χ2n) is 4.78. The fourth-order valence-corrected chi connectivity index (χ4v) is 2.81. The summed E-state index contributed by atoms with van der Waals surface area (Å²) in [6, 6.07) is -1.64. The average Bonchev–Trinajstić information content (AvgIpc) is 2.18. The van der Waals surface area contributed by atoms with Crippen LogP contribution in [0.5, 0.6) is 0 Å². The molecule has 0 amide bonds. The summed E-state index contributed by atoms with van der Waals surface area (Å²) in [6.45, 7) is 2.93. The number of piperidine rings is 3. The van der Waals surface area contributed by atoms with Gasteiger partial charge in [0.15, 0.2) is 0 Å². The molecule has 0 radical (unpaired) electrons. The molecule has 0 aliphatic carbocycles. The van der Waals surface area contributed by atoms with E-state index in [2.05, 4.69) is 4.90 Å². The fraction of sp³-hybridized carbons (Fsp3) is 1.00. The van der Waals surface area contributed by atoms with E-state index in [1.807, 2.05) is 0 Å². The van der Waals surface area contributed by atoms with Crippen molar-refractivity contribution in [2.75, 3.05) is 19.6 Å². The number of rotatable bonds is 2. The van der Waals surface area contributed by atoms with Gasteiger partial charge < -0.3 is 10.6 Å². The minimum atomic E-state index is -4.23. The van der Waals surface area contributed by atoms with E-state index in [-0.39, 0.29) is 37.2 Å². The molecule has 1 unspecified atom stereocenters. The normalized spacial score (nSPS) is 33.5. The van der Waals surface area contributed by atoms with Crippen LogP contribution in [0, 0.1) is 11.8 Å². The van der Waals surface area contributed by atoms with Gasteiger partial charge in [-0.2, -0.15) is 13.2 Å². The van der Waals surface area contributed by atoms with Crippen LogP contribution in [0.4, 0.5) is 13.2 Å². The van der Waals surface area contributed by atoms with E-state index in [0.717, 1.165) is 32.5 Å². The standard InChI is InChI=1S/C10H17F3N2.2ClH/c11-10(12,13)9(14)5-8-6-15-3-1-7(8)2-4-15;;/h7-9H,1-6,14H2;2*1H/t8-,9?;;/m1../s1. The van der Waals surface area contributed by atoms with Crippen molar-refractivity contribution in [3.8, 4) is 0 Å². The Balaban J connectivity index is 0.00000128. The zero-order chi connectivity index (χ0) is 11.1. The average molecular weight is 295 g/mol. The molecule has 3 aliphatic rings. The molecule has 3 saturated heterocycles. The van der Waals surface area contributed by atoms with Gasteiger partial charge in [-0.15, -0.1) is 24.8 Å². The summed E-state index contributed by atoms with van der Waals surface area (Å²) in [5.74, 6) is 0.632. The number of halogens is 5. The maximum Gasteiger partial charge on any atom is 0.403 e. The lowest BCUT2D eigenvalue weighted by Gasteiger charge is -2.45. The van der Waals surface area contributed by atoms with Crippen LogP contribution in [0.3, 0.4) is 0 Å². The molecule has 0 aromatic heterocycles.